The standard InChI is InChI=1S/C12H23NO3/c1-11(2)5-4-7-13(8-6-11)9-12(3,16)10(14)15/h16H,4-9H2,1-3H3,(H,14,15). The van der Waals surface area contributed by atoms with Gasteiger partial charge in [-0.15, -0.1) is 0 Å². The van der Waals surface area contributed by atoms with Crippen LogP contribution in [0.5, 0.6) is 0 Å². The number of hydrogen-bond donors (Lipinski definition) is 2. The van der Waals surface area contributed by atoms with Crippen molar-refractivity contribution in [2.75, 3.05) is 19.6 Å². The topological polar surface area (TPSA) is 60.8 Å². The molecule has 0 aromatic heterocycles. The normalized spacial score (nSPS) is 25.8. The number of carboxylic acid groups (broad SMARTS) is 1. The van der Waals surface area contributed by atoms with Gasteiger partial charge in [-0.25, -0.2) is 4.79 Å². The molecule has 1 rings (SSSR count). The summed E-state index contributed by atoms with van der Waals surface area (Å²) in [5.74, 6) is -1.14. The number of aliphatic hydroxyl groups is 1. The first-order chi connectivity index (χ1) is 7.23. The first kappa shape index (κ1) is 13.5. The molecule has 1 atom stereocenters. The van der Waals surface area contributed by atoms with Crippen LogP contribution in [0.15, 0.2) is 0 Å². The predicted octanol–water partition coefficient (Wildman–Crippen LogP) is 1.33. The molecule has 16 heavy (non-hydrogen) atoms. The van der Waals surface area contributed by atoms with Crippen molar-refractivity contribution in [2.45, 2.75) is 45.6 Å². The number of β-amino-alcohol motifs (C(OH)–C–C–N with tert-alkyl or cyclic N) is 1. The van der Waals surface area contributed by atoms with Gasteiger partial charge in [0.05, 0.1) is 0 Å². The number of hydrogen-bond acceptors (Lipinski definition) is 3. The van der Waals surface area contributed by atoms with E-state index in [-0.39, 0.29) is 6.54 Å². The van der Waals surface area contributed by atoms with E-state index in [1.165, 1.54) is 13.3 Å². The molecule has 0 aliphatic carbocycles. The van der Waals surface area contributed by atoms with Crippen molar-refractivity contribution < 1.29 is 15.0 Å². The quantitative estimate of drug-likeness (QED) is 0.766. The average molecular weight is 229 g/mol. The fraction of sp³-hybridized carbons (Fsp3) is 0.917. The summed E-state index contributed by atoms with van der Waals surface area (Å²) in [4.78, 5) is 12.9. The van der Waals surface area contributed by atoms with Crippen LogP contribution in [0, 0.1) is 5.41 Å². The summed E-state index contributed by atoms with van der Waals surface area (Å²) < 4.78 is 0. The van der Waals surface area contributed by atoms with Crippen LogP contribution in [0.4, 0.5) is 0 Å². The van der Waals surface area contributed by atoms with E-state index < -0.39 is 11.6 Å². The van der Waals surface area contributed by atoms with E-state index in [1.54, 1.807) is 0 Å². The number of carboxylic acids is 1. The van der Waals surface area contributed by atoms with Crippen molar-refractivity contribution in [3.05, 3.63) is 0 Å². The Hall–Kier alpha value is -0.610. The molecule has 0 spiro atoms. The van der Waals surface area contributed by atoms with E-state index in [2.05, 4.69) is 18.7 Å². The highest BCUT2D eigenvalue weighted by molar-refractivity contribution is 5.76. The number of carbonyl (C=O) groups is 1. The zero-order valence-corrected chi connectivity index (χ0v) is 10.5. The zero-order valence-electron chi connectivity index (χ0n) is 10.5. The van der Waals surface area contributed by atoms with Crippen molar-refractivity contribution in [3.8, 4) is 0 Å². The smallest absolute Gasteiger partial charge is 0.336 e. The van der Waals surface area contributed by atoms with Crippen molar-refractivity contribution in [1.29, 1.82) is 0 Å². The number of aliphatic carboxylic acids is 1. The van der Waals surface area contributed by atoms with E-state index in [1.807, 2.05) is 0 Å². The van der Waals surface area contributed by atoms with Gasteiger partial charge in [-0.3, -0.25) is 4.90 Å². The molecule has 4 heteroatoms. The maximum atomic E-state index is 10.8. The SMILES string of the molecule is CC1(C)CCCN(CC(C)(O)C(=O)O)CC1. The maximum absolute atomic E-state index is 10.8. The van der Waals surface area contributed by atoms with Gasteiger partial charge in [-0.2, -0.15) is 0 Å². The molecule has 1 saturated heterocycles. The lowest BCUT2D eigenvalue weighted by molar-refractivity contribution is -0.158. The lowest BCUT2D eigenvalue weighted by Gasteiger charge is -2.28. The van der Waals surface area contributed by atoms with Gasteiger partial charge in [0.25, 0.3) is 0 Å². The molecule has 0 bridgehead atoms. The van der Waals surface area contributed by atoms with Crippen molar-refractivity contribution >= 4 is 5.97 Å². The summed E-state index contributed by atoms with van der Waals surface area (Å²) in [6.45, 7) is 7.82. The van der Waals surface area contributed by atoms with Gasteiger partial charge in [0.2, 0.25) is 0 Å². The lowest BCUT2D eigenvalue weighted by Crippen LogP contribution is -2.47. The van der Waals surface area contributed by atoms with Crippen molar-refractivity contribution in [1.82, 2.24) is 4.90 Å². The molecule has 0 radical (unpaired) electrons. The fourth-order valence-electron chi connectivity index (χ4n) is 2.14. The summed E-state index contributed by atoms with van der Waals surface area (Å²) in [5, 5.41) is 18.6. The molecule has 1 aliphatic heterocycles. The highest BCUT2D eigenvalue weighted by Crippen LogP contribution is 2.30. The van der Waals surface area contributed by atoms with Crippen LogP contribution in [-0.4, -0.2) is 46.3 Å². The van der Waals surface area contributed by atoms with Gasteiger partial charge in [0.1, 0.15) is 0 Å². The molecule has 0 amide bonds. The van der Waals surface area contributed by atoms with Gasteiger partial charge in [0.15, 0.2) is 5.60 Å². The van der Waals surface area contributed by atoms with Crippen LogP contribution in [0.1, 0.15) is 40.0 Å². The van der Waals surface area contributed by atoms with Gasteiger partial charge in [-0.1, -0.05) is 13.8 Å². The predicted molar refractivity (Wildman–Crippen MR) is 62.3 cm³/mol. The fourth-order valence-corrected chi connectivity index (χ4v) is 2.14. The van der Waals surface area contributed by atoms with E-state index in [0.717, 1.165) is 25.9 Å². The van der Waals surface area contributed by atoms with Crippen LogP contribution >= 0.6 is 0 Å². The average Bonchev–Trinajstić information content (AvgIpc) is 2.27. The molecular formula is C12H23NO3. The maximum Gasteiger partial charge on any atom is 0.336 e. The molecular weight excluding hydrogens is 206 g/mol. The summed E-state index contributed by atoms with van der Waals surface area (Å²) in [6, 6.07) is 0. The third kappa shape index (κ3) is 3.76. The largest absolute Gasteiger partial charge is 0.479 e. The van der Waals surface area contributed by atoms with E-state index >= 15 is 0 Å². The number of rotatable bonds is 3. The van der Waals surface area contributed by atoms with Crippen molar-refractivity contribution in [3.63, 3.8) is 0 Å². The third-order valence-corrected chi connectivity index (χ3v) is 3.42. The molecule has 1 unspecified atom stereocenters. The zero-order chi connectivity index (χ0) is 12.4. The summed E-state index contributed by atoms with van der Waals surface area (Å²) in [5.41, 5.74) is -1.29. The van der Waals surface area contributed by atoms with Gasteiger partial charge in [0, 0.05) is 6.54 Å². The monoisotopic (exact) mass is 229 g/mol. The molecule has 0 aromatic carbocycles. The Morgan fingerprint density at radius 2 is 2.00 bits per heavy atom. The van der Waals surface area contributed by atoms with Gasteiger partial charge in [-0.05, 0) is 44.7 Å². The van der Waals surface area contributed by atoms with Gasteiger partial charge < -0.3 is 10.2 Å². The second-order valence-electron chi connectivity index (χ2n) is 5.87. The minimum absolute atomic E-state index is 0.221. The number of nitrogens with zero attached hydrogens (tertiary/aromatic N) is 1. The minimum Gasteiger partial charge on any atom is -0.479 e. The molecule has 1 heterocycles. The van der Waals surface area contributed by atoms with Gasteiger partial charge >= 0.3 is 5.97 Å². The third-order valence-electron chi connectivity index (χ3n) is 3.42. The Labute approximate surface area is 97.3 Å². The van der Waals surface area contributed by atoms with E-state index in [0.29, 0.717) is 5.41 Å². The molecule has 94 valence electrons. The van der Waals surface area contributed by atoms with E-state index in [4.69, 9.17) is 5.11 Å². The minimum atomic E-state index is -1.63. The molecule has 0 aromatic rings. The van der Waals surface area contributed by atoms with Crippen LogP contribution < -0.4 is 0 Å². The van der Waals surface area contributed by atoms with Crippen LogP contribution in [-0.2, 0) is 4.79 Å². The first-order valence-corrected chi connectivity index (χ1v) is 5.91. The Kier molecular flexibility index (Phi) is 3.97. The Morgan fingerprint density at radius 1 is 1.38 bits per heavy atom. The molecule has 1 aliphatic rings. The van der Waals surface area contributed by atoms with Crippen LogP contribution in [0.2, 0.25) is 0 Å². The Balaban J connectivity index is 2.53. The number of likely N-dealkylation sites (tertiary alicyclic amines) is 1. The highest BCUT2D eigenvalue weighted by atomic mass is 16.4. The summed E-state index contributed by atoms with van der Waals surface area (Å²) in [7, 11) is 0. The molecule has 2 N–H and O–H groups in total. The molecule has 1 fully saturated rings. The van der Waals surface area contributed by atoms with E-state index in [9.17, 15) is 9.90 Å². The van der Waals surface area contributed by atoms with Crippen molar-refractivity contribution in [2.24, 2.45) is 5.41 Å². The van der Waals surface area contributed by atoms with Crippen LogP contribution in [0.25, 0.3) is 0 Å². The lowest BCUT2D eigenvalue weighted by atomic mass is 9.85. The molecule has 4 nitrogen and oxygen atoms in total. The second kappa shape index (κ2) is 4.72. The summed E-state index contributed by atoms with van der Waals surface area (Å²) in [6.07, 6.45) is 3.30. The van der Waals surface area contributed by atoms with Crippen LogP contribution in [0.3, 0.4) is 0 Å². The summed E-state index contributed by atoms with van der Waals surface area (Å²) >= 11 is 0. The highest BCUT2D eigenvalue weighted by Gasteiger charge is 2.33. The molecule has 0 saturated carbocycles. The Morgan fingerprint density at radius 3 is 2.56 bits per heavy atom. The second-order valence-corrected chi connectivity index (χ2v) is 5.87. The Bertz CT molecular complexity index is 261. The first-order valence-electron chi connectivity index (χ1n) is 5.91.